The smallest absolute Gasteiger partial charge is 0.535 e. The maximum absolute atomic E-state index is 15.7. The topological polar surface area (TPSA) is 66.4 Å². The molecule has 407 valence electrons. The molecular formula is C70H53BBr2F3O6. The van der Waals surface area contributed by atoms with Gasteiger partial charge < -0.3 is 28.6 Å². The maximum Gasteiger partial charge on any atom is 0.569 e. The Morgan fingerprint density at radius 1 is 0.280 bits per heavy atom. The van der Waals surface area contributed by atoms with E-state index in [0.717, 1.165) is 87.2 Å². The summed E-state index contributed by atoms with van der Waals surface area (Å²) in [4.78, 5) is 0. The summed E-state index contributed by atoms with van der Waals surface area (Å²) in [5.41, 5.74) is 13.5. The van der Waals surface area contributed by atoms with Gasteiger partial charge in [0.15, 0.2) is 5.82 Å². The lowest BCUT2D eigenvalue weighted by atomic mass is 9.92. The van der Waals surface area contributed by atoms with Gasteiger partial charge in [0.2, 0.25) is 0 Å². The molecule has 0 atom stereocenters. The highest BCUT2D eigenvalue weighted by atomic mass is 79.9. The first-order valence-corrected chi connectivity index (χ1v) is 27.4. The number of hydrogen-bond acceptors (Lipinski definition) is 6. The van der Waals surface area contributed by atoms with Crippen LogP contribution in [0.5, 0.6) is 28.7 Å². The molecule has 0 saturated heterocycles. The standard InChI is InChI=1S/C44H32F2O2.C18H13BFO2.C8H8Br2O2/c1-47-43-28-44(48-2)40(38-26-36(20-22-42(38)46)34-18-10-16-32(24-34)30-13-7-4-8-14-30)27-39(43)37-25-35(19-21-41(37)45)33-17-9-15-31(23-33)29-11-5-3-6-12-29;20-17-10-9-16(12-18(17)22-19-21)15-8-4-7-14(11-15)13-5-2-1-3-6-13;1-11-7-4-8(12-2)6(10)3-5(7)9/h3-28H,1-2H3;1-12,21H;3-4H,1-2H3. The summed E-state index contributed by atoms with van der Waals surface area (Å²) in [5.74, 6) is 0.982. The van der Waals surface area contributed by atoms with Crippen LogP contribution in [-0.4, -0.2) is 41.1 Å². The average molecular weight is 1220 g/mol. The number of rotatable bonds is 14. The fourth-order valence-corrected chi connectivity index (χ4v) is 10.6. The van der Waals surface area contributed by atoms with Gasteiger partial charge in [-0.1, -0.05) is 164 Å². The summed E-state index contributed by atoms with van der Waals surface area (Å²) >= 11 is 6.72. The highest BCUT2D eigenvalue weighted by molar-refractivity contribution is 9.11. The van der Waals surface area contributed by atoms with E-state index in [4.69, 9.17) is 28.6 Å². The van der Waals surface area contributed by atoms with Crippen molar-refractivity contribution in [3.05, 3.63) is 269 Å². The van der Waals surface area contributed by atoms with Crippen LogP contribution in [0.3, 0.4) is 0 Å². The zero-order valence-corrected chi connectivity index (χ0v) is 48.2. The quantitative estimate of drug-likeness (QED) is 0.109. The third-order valence-corrected chi connectivity index (χ3v) is 14.7. The Bertz CT molecular complexity index is 3780. The Balaban J connectivity index is 0.000000194. The Hall–Kier alpha value is -8.81. The Labute approximate surface area is 493 Å². The minimum Gasteiger partial charge on any atom is -0.535 e. The molecule has 0 amide bonds. The highest BCUT2D eigenvalue weighted by Gasteiger charge is 2.21. The number of ether oxygens (including phenoxy) is 4. The maximum atomic E-state index is 15.7. The second-order valence-corrected chi connectivity index (χ2v) is 20.2. The molecule has 0 saturated carbocycles. The summed E-state index contributed by atoms with van der Waals surface area (Å²) in [6, 6.07) is 76.4. The molecule has 0 bridgehead atoms. The van der Waals surface area contributed by atoms with Gasteiger partial charge in [0.25, 0.3) is 0 Å². The Morgan fingerprint density at radius 2 is 0.585 bits per heavy atom. The zero-order valence-electron chi connectivity index (χ0n) is 45.0. The van der Waals surface area contributed by atoms with Crippen LogP contribution in [-0.2, 0) is 0 Å². The summed E-state index contributed by atoms with van der Waals surface area (Å²) in [6.45, 7) is 0. The van der Waals surface area contributed by atoms with Gasteiger partial charge in [0.1, 0.15) is 40.4 Å². The van der Waals surface area contributed by atoms with Gasteiger partial charge >= 0.3 is 7.69 Å². The SMILES string of the molecule is COc1cc(OC)c(-c2cc(-c3cccc(-c4ccccc4)c3)ccc2F)cc1-c1cc(-c2cccc(-c3ccccc3)c2)ccc1F.COc1cc(OC)c(Br)cc1Br.O[B]Oc1cc(-c2cccc(-c3ccccc3)c2)ccc1F. The lowest BCUT2D eigenvalue weighted by Gasteiger charge is -2.18. The van der Waals surface area contributed by atoms with Crippen molar-refractivity contribution in [1.82, 2.24) is 0 Å². The summed E-state index contributed by atoms with van der Waals surface area (Å²) in [5, 5.41) is 8.68. The second-order valence-electron chi connectivity index (χ2n) is 18.5. The highest BCUT2D eigenvalue weighted by Crippen LogP contribution is 2.45. The molecule has 1 N–H and O–H groups in total. The van der Waals surface area contributed by atoms with Crippen molar-refractivity contribution in [3.8, 4) is 118 Å². The first-order chi connectivity index (χ1) is 40.0. The van der Waals surface area contributed by atoms with Crippen LogP contribution in [0.2, 0.25) is 0 Å². The molecule has 0 fully saturated rings. The van der Waals surface area contributed by atoms with Crippen molar-refractivity contribution in [2.24, 2.45) is 0 Å². The molecule has 12 heteroatoms. The van der Waals surface area contributed by atoms with Crippen LogP contribution in [0.15, 0.2) is 252 Å². The van der Waals surface area contributed by atoms with Crippen LogP contribution >= 0.6 is 31.9 Å². The lowest BCUT2D eigenvalue weighted by Crippen LogP contribution is -2.01. The first kappa shape index (κ1) is 57.9. The van der Waals surface area contributed by atoms with Gasteiger partial charge in [-0.3, -0.25) is 0 Å². The van der Waals surface area contributed by atoms with Crippen molar-refractivity contribution >= 4 is 39.5 Å². The largest absolute Gasteiger partial charge is 0.569 e. The molecule has 11 rings (SSSR count). The molecule has 6 nitrogen and oxygen atoms in total. The van der Waals surface area contributed by atoms with Gasteiger partial charge in [-0.05, 0) is 165 Å². The van der Waals surface area contributed by atoms with Crippen LogP contribution in [0, 0.1) is 17.5 Å². The normalized spacial score (nSPS) is 10.6. The lowest BCUT2D eigenvalue weighted by molar-refractivity contribution is 0.391. The van der Waals surface area contributed by atoms with Crippen molar-refractivity contribution in [2.75, 3.05) is 28.4 Å². The third kappa shape index (κ3) is 13.8. The van der Waals surface area contributed by atoms with Crippen molar-refractivity contribution < 1.29 is 41.8 Å². The molecule has 0 aromatic heterocycles. The molecule has 82 heavy (non-hydrogen) atoms. The first-order valence-electron chi connectivity index (χ1n) is 25.8. The van der Waals surface area contributed by atoms with Gasteiger partial charge in [0.05, 0.1) is 37.4 Å². The van der Waals surface area contributed by atoms with Crippen molar-refractivity contribution in [1.29, 1.82) is 0 Å². The molecule has 0 aliphatic carbocycles. The van der Waals surface area contributed by atoms with Gasteiger partial charge in [0, 0.05) is 34.4 Å². The minimum atomic E-state index is -0.520. The number of hydrogen-bond donors (Lipinski definition) is 1. The average Bonchev–Trinajstić information content (AvgIpc) is 3.65. The van der Waals surface area contributed by atoms with Crippen LogP contribution in [0.25, 0.3) is 89.0 Å². The van der Waals surface area contributed by atoms with E-state index in [-0.39, 0.29) is 5.75 Å². The molecule has 0 heterocycles. The molecule has 0 aliphatic heterocycles. The fourth-order valence-electron chi connectivity index (χ4n) is 9.32. The number of halogens is 5. The monoisotopic (exact) mass is 1220 g/mol. The molecule has 0 unspecified atom stereocenters. The summed E-state index contributed by atoms with van der Waals surface area (Å²) < 4.78 is 73.3. The fraction of sp³-hybridized carbons (Fsp3) is 0.0571. The van der Waals surface area contributed by atoms with Crippen molar-refractivity contribution in [2.45, 2.75) is 0 Å². The molecular weight excluding hydrogens is 1160 g/mol. The van der Waals surface area contributed by atoms with E-state index in [2.05, 4.69) is 80.4 Å². The molecule has 11 aromatic rings. The van der Waals surface area contributed by atoms with Gasteiger partial charge in [-0.15, -0.1) is 0 Å². The third-order valence-electron chi connectivity index (χ3n) is 13.5. The van der Waals surface area contributed by atoms with Crippen LogP contribution < -0.4 is 23.6 Å². The van der Waals surface area contributed by atoms with E-state index >= 15 is 8.78 Å². The number of benzene rings is 11. The van der Waals surface area contributed by atoms with E-state index in [0.29, 0.717) is 41.4 Å². The Kier molecular flexibility index (Phi) is 19.5. The molecule has 0 spiro atoms. The van der Waals surface area contributed by atoms with Gasteiger partial charge in [-0.2, -0.15) is 0 Å². The minimum absolute atomic E-state index is 0.00915. The van der Waals surface area contributed by atoms with E-state index in [1.807, 2.05) is 140 Å². The van der Waals surface area contributed by atoms with E-state index in [1.54, 1.807) is 50.6 Å². The van der Waals surface area contributed by atoms with Gasteiger partial charge in [-0.25, -0.2) is 13.2 Å². The Morgan fingerprint density at radius 3 is 0.939 bits per heavy atom. The second kappa shape index (κ2) is 27.6. The van der Waals surface area contributed by atoms with E-state index in [1.165, 1.54) is 32.4 Å². The zero-order chi connectivity index (χ0) is 57.5. The predicted molar refractivity (Wildman–Crippen MR) is 333 cm³/mol. The molecule has 1 radical (unpaired) electrons. The summed E-state index contributed by atoms with van der Waals surface area (Å²) in [6.07, 6.45) is 0. The summed E-state index contributed by atoms with van der Waals surface area (Å²) in [7, 11) is 6.78. The van der Waals surface area contributed by atoms with Crippen LogP contribution in [0.4, 0.5) is 13.2 Å². The van der Waals surface area contributed by atoms with Crippen LogP contribution in [0.1, 0.15) is 0 Å². The predicted octanol–water partition coefficient (Wildman–Crippen LogP) is 19.3. The molecule has 0 aliphatic rings. The van der Waals surface area contributed by atoms with Crippen molar-refractivity contribution in [3.63, 3.8) is 0 Å². The molecule has 11 aromatic carbocycles. The van der Waals surface area contributed by atoms with E-state index < -0.39 is 17.5 Å². The number of methoxy groups -OCH3 is 4. The van der Waals surface area contributed by atoms with E-state index in [9.17, 15) is 4.39 Å².